The van der Waals surface area contributed by atoms with Crippen molar-refractivity contribution in [2.24, 2.45) is 0 Å². The molecule has 0 unspecified atom stereocenters. The maximum absolute atomic E-state index is 14.3. The molecule has 1 aromatic heterocycles. The lowest BCUT2D eigenvalue weighted by Gasteiger charge is -2.10. The van der Waals surface area contributed by atoms with Crippen LogP contribution in [-0.2, 0) is 17.8 Å². The van der Waals surface area contributed by atoms with Crippen molar-refractivity contribution in [3.8, 4) is 0 Å². The van der Waals surface area contributed by atoms with Crippen LogP contribution in [0.1, 0.15) is 29.7 Å². The van der Waals surface area contributed by atoms with Crippen molar-refractivity contribution < 1.29 is 14.3 Å². The van der Waals surface area contributed by atoms with E-state index in [-0.39, 0.29) is 12.2 Å². The number of rotatable bonds is 6. The second-order valence-electron chi connectivity index (χ2n) is 6.29. The number of carboxylic acid groups (broad SMARTS) is 1. The molecule has 0 saturated carbocycles. The molecule has 26 heavy (non-hydrogen) atoms. The fourth-order valence-electron chi connectivity index (χ4n) is 3.28. The summed E-state index contributed by atoms with van der Waals surface area (Å²) in [6, 6.07) is 10.7. The van der Waals surface area contributed by atoms with Crippen LogP contribution >= 0.6 is 27.5 Å². The van der Waals surface area contributed by atoms with Crippen LogP contribution in [-0.4, -0.2) is 15.6 Å². The molecule has 6 heteroatoms. The third-order valence-corrected chi connectivity index (χ3v) is 5.31. The van der Waals surface area contributed by atoms with Crippen LogP contribution in [0, 0.1) is 12.7 Å². The number of aryl methyl sites for hydroxylation is 1. The molecule has 0 fully saturated rings. The summed E-state index contributed by atoms with van der Waals surface area (Å²) in [6.45, 7) is 2.39. The highest BCUT2D eigenvalue weighted by molar-refractivity contribution is 9.10. The largest absolute Gasteiger partial charge is 0.481 e. The number of benzene rings is 2. The van der Waals surface area contributed by atoms with E-state index in [0.29, 0.717) is 34.4 Å². The van der Waals surface area contributed by atoms with Crippen molar-refractivity contribution in [3.05, 3.63) is 68.5 Å². The molecule has 0 saturated heterocycles. The van der Waals surface area contributed by atoms with Crippen molar-refractivity contribution in [2.45, 2.75) is 32.7 Å². The first-order valence-corrected chi connectivity index (χ1v) is 9.47. The maximum Gasteiger partial charge on any atom is 0.303 e. The van der Waals surface area contributed by atoms with E-state index in [1.54, 1.807) is 6.07 Å². The van der Waals surface area contributed by atoms with E-state index in [1.807, 2.05) is 31.2 Å². The molecule has 0 aliphatic rings. The van der Waals surface area contributed by atoms with Crippen molar-refractivity contribution in [1.29, 1.82) is 0 Å². The summed E-state index contributed by atoms with van der Waals surface area (Å²) in [5.74, 6) is -1.07. The topological polar surface area (TPSA) is 42.2 Å². The molecule has 3 rings (SSSR count). The zero-order valence-corrected chi connectivity index (χ0v) is 16.6. The van der Waals surface area contributed by atoms with Gasteiger partial charge >= 0.3 is 5.97 Å². The number of hydrogen-bond donors (Lipinski definition) is 1. The monoisotopic (exact) mass is 437 g/mol. The lowest BCUT2D eigenvalue weighted by Crippen LogP contribution is -2.04. The Morgan fingerprint density at radius 1 is 1.27 bits per heavy atom. The SMILES string of the molecule is Cc1c(CCCC(=O)O)c2cc(Cl)ccc2n1Cc1ccc(Br)cc1F. The zero-order valence-electron chi connectivity index (χ0n) is 14.2. The fraction of sp³-hybridized carbons (Fsp3) is 0.250. The minimum Gasteiger partial charge on any atom is -0.481 e. The molecule has 3 aromatic rings. The van der Waals surface area contributed by atoms with Gasteiger partial charge in [-0.15, -0.1) is 0 Å². The molecule has 0 aliphatic carbocycles. The molecule has 0 amide bonds. The third-order valence-electron chi connectivity index (χ3n) is 4.58. The summed E-state index contributed by atoms with van der Waals surface area (Å²) < 4.78 is 17.1. The average molecular weight is 439 g/mol. The van der Waals surface area contributed by atoms with E-state index in [0.717, 1.165) is 22.2 Å². The minimum absolute atomic E-state index is 0.119. The van der Waals surface area contributed by atoms with Crippen LogP contribution in [0.2, 0.25) is 5.02 Å². The Hall–Kier alpha value is -1.85. The highest BCUT2D eigenvalue weighted by Gasteiger charge is 2.16. The zero-order chi connectivity index (χ0) is 18.8. The van der Waals surface area contributed by atoms with Gasteiger partial charge in [-0.3, -0.25) is 4.79 Å². The summed E-state index contributed by atoms with van der Waals surface area (Å²) in [5.41, 5.74) is 3.65. The molecular weight excluding hydrogens is 421 g/mol. The number of carboxylic acids is 1. The first-order valence-electron chi connectivity index (χ1n) is 8.29. The molecule has 0 aliphatic heterocycles. The van der Waals surface area contributed by atoms with Crippen molar-refractivity contribution >= 4 is 44.4 Å². The average Bonchev–Trinajstić information content (AvgIpc) is 2.82. The number of hydrogen-bond acceptors (Lipinski definition) is 1. The minimum atomic E-state index is -0.804. The van der Waals surface area contributed by atoms with Crippen molar-refractivity contribution in [2.75, 3.05) is 0 Å². The number of nitrogens with zero attached hydrogens (tertiary/aromatic N) is 1. The van der Waals surface area contributed by atoms with Gasteiger partial charge in [0.1, 0.15) is 5.82 Å². The van der Waals surface area contributed by atoms with Gasteiger partial charge in [0.05, 0.1) is 6.54 Å². The van der Waals surface area contributed by atoms with Crippen LogP contribution in [0.3, 0.4) is 0 Å². The molecule has 1 N–H and O–H groups in total. The highest BCUT2D eigenvalue weighted by atomic mass is 79.9. The predicted molar refractivity (Wildman–Crippen MR) is 105 cm³/mol. The van der Waals surface area contributed by atoms with E-state index in [9.17, 15) is 9.18 Å². The number of halogens is 3. The van der Waals surface area contributed by atoms with Gasteiger partial charge in [0.2, 0.25) is 0 Å². The van der Waals surface area contributed by atoms with E-state index < -0.39 is 5.97 Å². The Morgan fingerprint density at radius 3 is 2.73 bits per heavy atom. The van der Waals surface area contributed by atoms with Crippen LogP contribution in [0.25, 0.3) is 10.9 Å². The van der Waals surface area contributed by atoms with Gasteiger partial charge in [0.25, 0.3) is 0 Å². The highest BCUT2D eigenvalue weighted by Crippen LogP contribution is 2.31. The lowest BCUT2D eigenvalue weighted by molar-refractivity contribution is -0.137. The van der Waals surface area contributed by atoms with E-state index in [4.69, 9.17) is 16.7 Å². The fourth-order valence-corrected chi connectivity index (χ4v) is 3.79. The smallest absolute Gasteiger partial charge is 0.303 e. The summed E-state index contributed by atoms with van der Waals surface area (Å²) in [7, 11) is 0. The second kappa shape index (κ2) is 7.80. The lowest BCUT2D eigenvalue weighted by atomic mass is 10.0. The Bertz CT molecular complexity index is 984. The van der Waals surface area contributed by atoms with Crippen LogP contribution in [0.4, 0.5) is 4.39 Å². The molecule has 136 valence electrons. The first-order chi connectivity index (χ1) is 12.4. The van der Waals surface area contributed by atoms with E-state index >= 15 is 0 Å². The number of carbonyl (C=O) groups is 1. The summed E-state index contributed by atoms with van der Waals surface area (Å²) in [6.07, 6.45) is 1.31. The standard InChI is InChI=1S/C20H18BrClFNO2/c1-12-16(3-2-4-20(25)26)17-10-15(22)7-8-19(17)24(12)11-13-5-6-14(21)9-18(13)23/h5-10H,2-4,11H2,1H3,(H,25,26). The van der Waals surface area contributed by atoms with Gasteiger partial charge in [-0.2, -0.15) is 0 Å². The van der Waals surface area contributed by atoms with Gasteiger partial charge < -0.3 is 9.67 Å². The molecule has 0 spiro atoms. The molecule has 0 bridgehead atoms. The van der Waals surface area contributed by atoms with Crippen LogP contribution in [0.15, 0.2) is 40.9 Å². The molecule has 1 heterocycles. The molecule has 0 radical (unpaired) electrons. The predicted octanol–water partition coefficient (Wildman–Crippen LogP) is 5.96. The first kappa shape index (κ1) is 18.9. The maximum atomic E-state index is 14.3. The summed E-state index contributed by atoms with van der Waals surface area (Å²) in [4.78, 5) is 10.8. The quantitative estimate of drug-likeness (QED) is 0.516. The van der Waals surface area contributed by atoms with Gasteiger partial charge in [0.15, 0.2) is 0 Å². The second-order valence-corrected chi connectivity index (χ2v) is 7.65. The number of aromatic nitrogens is 1. The van der Waals surface area contributed by atoms with Gasteiger partial charge in [-0.1, -0.05) is 33.6 Å². The van der Waals surface area contributed by atoms with Crippen LogP contribution in [0.5, 0.6) is 0 Å². The van der Waals surface area contributed by atoms with E-state index in [1.165, 1.54) is 6.07 Å². The third kappa shape index (κ3) is 3.94. The van der Waals surface area contributed by atoms with Gasteiger partial charge in [-0.05, 0) is 55.7 Å². The van der Waals surface area contributed by atoms with Gasteiger partial charge in [-0.25, -0.2) is 4.39 Å². The van der Waals surface area contributed by atoms with E-state index in [2.05, 4.69) is 20.5 Å². The van der Waals surface area contributed by atoms with Crippen LogP contribution < -0.4 is 0 Å². The molecule has 3 nitrogen and oxygen atoms in total. The molecule has 2 aromatic carbocycles. The number of aliphatic carboxylic acids is 1. The Kier molecular flexibility index (Phi) is 5.68. The summed E-state index contributed by atoms with van der Waals surface area (Å²) in [5, 5.41) is 10.5. The van der Waals surface area contributed by atoms with Gasteiger partial charge in [0, 0.05) is 38.1 Å². The normalized spacial score (nSPS) is 11.2. The van der Waals surface area contributed by atoms with Crippen molar-refractivity contribution in [3.63, 3.8) is 0 Å². The molecular formula is C20H18BrClFNO2. The Morgan fingerprint density at radius 2 is 2.04 bits per heavy atom. The Labute approximate surface area is 164 Å². The molecule has 0 atom stereocenters. The van der Waals surface area contributed by atoms with Crippen molar-refractivity contribution in [1.82, 2.24) is 4.57 Å². The Balaban J connectivity index is 2.04. The summed E-state index contributed by atoms with van der Waals surface area (Å²) >= 11 is 9.45. The number of fused-ring (bicyclic) bond motifs is 1.